The van der Waals surface area contributed by atoms with Crippen LogP contribution in [0.5, 0.6) is 0 Å². The second-order valence-corrected chi connectivity index (χ2v) is 9.40. The van der Waals surface area contributed by atoms with Crippen molar-refractivity contribution in [2.45, 2.75) is 18.9 Å². The minimum atomic E-state index is -0.845. The van der Waals surface area contributed by atoms with Crippen LogP contribution in [0.25, 0.3) is 0 Å². The Morgan fingerprint density at radius 1 is 1.11 bits per heavy atom. The summed E-state index contributed by atoms with van der Waals surface area (Å²) in [4.78, 5) is 28.6. The molecule has 2 aliphatic rings. The minimum absolute atomic E-state index is 0.0190. The Hall–Kier alpha value is -3.27. The molecule has 0 bridgehead atoms. The Morgan fingerprint density at radius 2 is 1.86 bits per heavy atom. The summed E-state index contributed by atoms with van der Waals surface area (Å²) in [5.74, 6) is -1.04. The first-order valence-electron chi connectivity index (χ1n) is 12.4. The van der Waals surface area contributed by atoms with Crippen LogP contribution in [0.2, 0.25) is 0 Å². The van der Waals surface area contributed by atoms with Gasteiger partial charge in [-0.15, -0.1) is 0 Å². The van der Waals surface area contributed by atoms with Crippen molar-refractivity contribution < 1.29 is 19.4 Å². The molecule has 9 heteroatoms. The number of methoxy groups -OCH3 is 1. The fraction of sp³-hybridized carbons (Fsp3) is 0.444. The quantitative estimate of drug-likeness (QED) is 0.518. The van der Waals surface area contributed by atoms with E-state index in [2.05, 4.69) is 27.4 Å². The number of fused-ring (bicyclic) bond motifs is 1. The monoisotopic (exact) mass is 493 g/mol. The Morgan fingerprint density at radius 3 is 2.56 bits per heavy atom. The summed E-state index contributed by atoms with van der Waals surface area (Å²) in [5.41, 5.74) is 4.43. The molecule has 2 aromatic rings. The normalized spacial score (nSPS) is 18.8. The number of carboxylic acid groups (broad SMARTS) is 1. The van der Waals surface area contributed by atoms with E-state index < -0.39 is 5.97 Å². The number of nitrogens with zero attached hydrogens (tertiary/aromatic N) is 4. The molecular weight excluding hydrogens is 458 g/mol. The maximum atomic E-state index is 12.9. The molecule has 0 spiro atoms. The van der Waals surface area contributed by atoms with Crippen molar-refractivity contribution >= 4 is 23.8 Å². The molecule has 1 unspecified atom stereocenters. The molecule has 1 atom stereocenters. The number of aliphatic carboxylic acids is 1. The first-order chi connectivity index (χ1) is 17.4. The molecule has 2 heterocycles. The molecule has 2 aliphatic heterocycles. The SMILES string of the molecule is COCCC1c2cc(NC(=O)c3ccc(C=NN4CCN(C)CC4)cc3)ccc2CCN1CC(=O)O. The number of rotatable bonds is 9. The topological polar surface area (TPSA) is 97.7 Å². The molecule has 1 amide bonds. The second kappa shape index (κ2) is 12.1. The van der Waals surface area contributed by atoms with Gasteiger partial charge in [-0.1, -0.05) is 18.2 Å². The zero-order chi connectivity index (χ0) is 25.5. The highest BCUT2D eigenvalue weighted by Gasteiger charge is 2.29. The number of amides is 1. The summed E-state index contributed by atoms with van der Waals surface area (Å²) < 4.78 is 5.27. The summed E-state index contributed by atoms with van der Waals surface area (Å²) >= 11 is 0. The third-order valence-corrected chi connectivity index (χ3v) is 6.83. The molecule has 0 aromatic heterocycles. The van der Waals surface area contributed by atoms with Crippen molar-refractivity contribution in [3.8, 4) is 0 Å². The highest BCUT2D eigenvalue weighted by molar-refractivity contribution is 6.04. The molecule has 2 aromatic carbocycles. The molecule has 1 fully saturated rings. The van der Waals surface area contributed by atoms with Gasteiger partial charge in [0.05, 0.1) is 12.8 Å². The van der Waals surface area contributed by atoms with Crippen molar-refractivity contribution in [1.29, 1.82) is 0 Å². The molecule has 1 saturated heterocycles. The molecule has 0 saturated carbocycles. The fourth-order valence-electron chi connectivity index (χ4n) is 4.74. The van der Waals surface area contributed by atoms with Gasteiger partial charge in [-0.2, -0.15) is 5.10 Å². The van der Waals surface area contributed by atoms with E-state index in [0.29, 0.717) is 30.8 Å². The Bertz CT molecular complexity index is 1080. The fourth-order valence-corrected chi connectivity index (χ4v) is 4.74. The number of hydrogen-bond donors (Lipinski definition) is 2. The van der Waals surface area contributed by atoms with Gasteiger partial charge < -0.3 is 20.1 Å². The van der Waals surface area contributed by atoms with E-state index in [1.165, 1.54) is 5.56 Å². The number of carbonyl (C=O) groups is 2. The molecule has 0 aliphatic carbocycles. The summed E-state index contributed by atoms with van der Waals surface area (Å²) in [6, 6.07) is 13.2. The maximum absolute atomic E-state index is 12.9. The van der Waals surface area contributed by atoms with Gasteiger partial charge in [-0.25, -0.2) is 0 Å². The zero-order valence-electron chi connectivity index (χ0n) is 21.0. The van der Waals surface area contributed by atoms with Gasteiger partial charge in [0.2, 0.25) is 0 Å². The van der Waals surface area contributed by atoms with Crippen LogP contribution in [-0.2, 0) is 16.0 Å². The number of carboxylic acids is 1. The van der Waals surface area contributed by atoms with Crippen molar-refractivity contribution in [1.82, 2.24) is 14.8 Å². The van der Waals surface area contributed by atoms with E-state index >= 15 is 0 Å². The lowest BCUT2D eigenvalue weighted by Gasteiger charge is -2.36. The zero-order valence-corrected chi connectivity index (χ0v) is 21.0. The van der Waals surface area contributed by atoms with Crippen molar-refractivity contribution in [2.75, 3.05) is 65.3 Å². The van der Waals surface area contributed by atoms with Gasteiger partial charge in [0.25, 0.3) is 5.91 Å². The average Bonchev–Trinajstić information content (AvgIpc) is 2.87. The summed E-state index contributed by atoms with van der Waals surface area (Å²) in [6.45, 7) is 5.02. The molecule has 9 nitrogen and oxygen atoms in total. The lowest BCUT2D eigenvalue weighted by atomic mass is 9.90. The largest absolute Gasteiger partial charge is 0.480 e. The molecule has 0 radical (unpaired) electrons. The second-order valence-electron chi connectivity index (χ2n) is 9.40. The van der Waals surface area contributed by atoms with E-state index in [9.17, 15) is 14.7 Å². The number of hydrogen-bond acceptors (Lipinski definition) is 7. The number of likely N-dealkylation sites (N-methyl/N-ethyl adjacent to an activating group) is 1. The van der Waals surface area contributed by atoms with Gasteiger partial charge in [0.1, 0.15) is 0 Å². The van der Waals surface area contributed by atoms with E-state index in [0.717, 1.165) is 43.7 Å². The number of nitrogens with one attached hydrogen (secondary N) is 1. The standard InChI is InChI=1S/C27H35N5O4/c1-30-12-14-32(15-13-30)28-18-20-3-5-22(6-4-20)27(35)29-23-8-7-21-9-11-31(19-26(33)34)25(10-16-36-2)24(21)17-23/h3-8,17-18,25H,9-16,19H2,1-2H3,(H,29,35)(H,33,34). The van der Waals surface area contributed by atoms with Crippen LogP contribution >= 0.6 is 0 Å². The van der Waals surface area contributed by atoms with E-state index in [1.54, 1.807) is 19.2 Å². The number of benzene rings is 2. The highest BCUT2D eigenvalue weighted by atomic mass is 16.5. The molecule has 4 rings (SSSR count). The van der Waals surface area contributed by atoms with Crippen molar-refractivity contribution in [3.63, 3.8) is 0 Å². The number of anilines is 1. The molecule has 2 N–H and O–H groups in total. The van der Waals surface area contributed by atoms with E-state index in [-0.39, 0.29) is 18.5 Å². The number of ether oxygens (including phenoxy) is 1. The Labute approximate surface area is 212 Å². The first kappa shape index (κ1) is 25.8. The van der Waals surface area contributed by atoms with Gasteiger partial charge in [-0.3, -0.25) is 19.5 Å². The average molecular weight is 494 g/mol. The first-order valence-corrected chi connectivity index (χ1v) is 12.4. The van der Waals surface area contributed by atoms with Crippen LogP contribution < -0.4 is 5.32 Å². The Balaban J connectivity index is 1.42. The predicted octanol–water partition coefficient (Wildman–Crippen LogP) is 2.54. The highest BCUT2D eigenvalue weighted by Crippen LogP contribution is 2.34. The van der Waals surface area contributed by atoms with Crippen LogP contribution in [0.3, 0.4) is 0 Å². The van der Waals surface area contributed by atoms with Crippen molar-refractivity contribution in [2.24, 2.45) is 5.10 Å². The van der Waals surface area contributed by atoms with E-state index in [1.807, 2.05) is 41.4 Å². The third kappa shape index (κ3) is 6.69. The number of hydrazone groups is 1. The maximum Gasteiger partial charge on any atom is 0.317 e. The molecule has 36 heavy (non-hydrogen) atoms. The van der Waals surface area contributed by atoms with Crippen LogP contribution in [0.4, 0.5) is 5.69 Å². The van der Waals surface area contributed by atoms with E-state index in [4.69, 9.17) is 4.74 Å². The number of carbonyl (C=O) groups excluding carboxylic acids is 1. The lowest BCUT2D eigenvalue weighted by Crippen LogP contribution is -2.41. The van der Waals surface area contributed by atoms with Gasteiger partial charge >= 0.3 is 5.97 Å². The smallest absolute Gasteiger partial charge is 0.317 e. The minimum Gasteiger partial charge on any atom is -0.480 e. The Kier molecular flexibility index (Phi) is 8.69. The van der Waals surface area contributed by atoms with Crippen LogP contribution in [0.15, 0.2) is 47.6 Å². The van der Waals surface area contributed by atoms with Crippen LogP contribution in [-0.4, -0.2) is 98.0 Å². The lowest BCUT2D eigenvalue weighted by molar-refractivity contribution is -0.139. The van der Waals surface area contributed by atoms with Crippen LogP contribution in [0.1, 0.15) is 39.5 Å². The van der Waals surface area contributed by atoms with Gasteiger partial charge in [0.15, 0.2) is 0 Å². The van der Waals surface area contributed by atoms with Crippen LogP contribution in [0, 0.1) is 0 Å². The predicted molar refractivity (Wildman–Crippen MR) is 140 cm³/mol. The third-order valence-electron chi connectivity index (χ3n) is 6.83. The molecule has 192 valence electrons. The molecular formula is C27H35N5O4. The van der Waals surface area contributed by atoms with Crippen molar-refractivity contribution in [3.05, 3.63) is 64.7 Å². The van der Waals surface area contributed by atoms with Gasteiger partial charge in [-0.05, 0) is 60.8 Å². The van der Waals surface area contributed by atoms with Gasteiger partial charge in [0, 0.05) is 63.7 Å². The summed E-state index contributed by atoms with van der Waals surface area (Å²) in [5, 5.41) is 19.0. The summed E-state index contributed by atoms with van der Waals surface area (Å²) in [6.07, 6.45) is 3.29. The number of piperazine rings is 1. The summed E-state index contributed by atoms with van der Waals surface area (Å²) in [7, 11) is 3.76.